The van der Waals surface area contributed by atoms with E-state index in [0.29, 0.717) is 17.5 Å². The summed E-state index contributed by atoms with van der Waals surface area (Å²) in [6, 6.07) is 3.40. The largest absolute Gasteiger partial charge is 0.320 e. The van der Waals surface area contributed by atoms with E-state index in [1.165, 1.54) is 6.20 Å². The van der Waals surface area contributed by atoms with E-state index in [0.717, 1.165) is 30.9 Å². The van der Waals surface area contributed by atoms with Crippen LogP contribution in [0.3, 0.4) is 0 Å². The number of rotatable bonds is 7. The molecule has 0 radical (unpaired) electrons. The van der Waals surface area contributed by atoms with Crippen molar-refractivity contribution in [2.24, 2.45) is 0 Å². The van der Waals surface area contributed by atoms with E-state index < -0.39 is 38.8 Å². The van der Waals surface area contributed by atoms with Crippen LogP contribution in [0.25, 0.3) is 11.0 Å². The highest BCUT2D eigenvalue weighted by atomic mass is 32.2. The monoisotopic (exact) mass is 450 g/mol. The number of anilines is 2. The molecule has 0 spiro atoms. The first-order valence-corrected chi connectivity index (χ1v) is 11.3. The average Bonchev–Trinajstić information content (AvgIpc) is 3.06. The molecule has 1 aromatic carbocycles. The average molecular weight is 450 g/mol. The third-order valence-electron chi connectivity index (χ3n) is 4.93. The van der Waals surface area contributed by atoms with Crippen molar-refractivity contribution in [2.75, 3.05) is 28.9 Å². The number of H-pyrrole nitrogens is 1. The molecule has 0 saturated carbocycles. The van der Waals surface area contributed by atoms with Crippen LogP contribution < -0.4 is 15.4 Å². The fourth-order valence-electron chi connectivity index (χ4n) is 3.30. The molecule has 3 heterocycles. The number of pyridine rings is 1. The van der Waals surface area contributed by atoms with Gasteiger partial charge in [-0.1, -0.05) is 6.92 Å². The van der Waals surface area contributed by atoms with Gasteiger partial charge in [-0.05, 0) is 24.6 Å². The molecule has 1 amide bonds. The van der Waals surface area contributed by atoms with Gasteiger partial charge in [0, 0.05) is 24.4 Å². The van der Waals surface area contributed by atoms with Crippen LogP contribution in [-0.2, 0) is 10.0 Å². The third-order valence-corrected chi connectivity index (χ3v) is 6.41. The Bertz CT molecular complexity index is 1260. The molecule has 0 bridgehead atoms. The number of fused-ring (bicyclic) bond motifs is 1. The molecule has 1 fully saturated rings. The predicted octanol–water partition coefficient (Wildman–Crippen LogP) is 2.33. The van der Waals surface area contributed by atoms with Gasteiger partial charge in [0.1, 0.15) is 11.4 Å². The molecule has 9 nitrogen and oxygen atoms in total. The molecule has 0 aliphatic carbocycles. The first-order valence-electron chi connectivity index (χ1n) is 9.63. The molecule has 12 heteroatoms. The van der Waals surface area contributed by atoms with Gasteiger partial charge in [-0.2, -0.15) is 5.10 Å². The third kappa shape index (κ3) is 4.21. The summed E-state index contributed by atoms with van der Waals surface area (Å²) < 4.78 is 55.0. The van der Waals surface area contributed by atoms with Crippen LogP contribution in [0.5, 0.6) is 0 Å². The molecular formula is C19H20F2N6O3S. The number of halogens is 2. The van der Waals surface area contributed by atoms with Crippen LogP contribution in [0, 0.1) is 11.6 Å². The Morgan fingerprint density at radius 3 is 2.74 bits per heavy atom. The smallest absolute Gasteiger partial charge is 0.261 e. The zero-order chi connectivity index (χ0) is 22.2. The van der Waals surface area contributed by atoms with Crippen molar-refractivity contribution in [3.8, 4) is 0 Å². The van der Waals surface area contributed by atoms with Gasteiger partial charge < -0.3 is 10.6 Å². The van der Waals surface area contributed by atoms with E-state index >= 15 is 0 Å². The van der Waals surface area contributed by atoms with Crippen LogP contribution in [-0.4, -0.2) is 48.3 Å². The number of carbonyl (C=O) groups is 1. The van der Waals surface area contributed by atoms with Crippen molar-refractivity contribution >= 4 is 38.3 Å². The van der Waals surface area contributed by atoms with E-state index in [1.807, 2.05) is 4.72 Å². The first kappa shape index (κ1) is 21.1. The van der Waals surface area contributed by atoms with Crippen molar-refractivity contribution < 1.29 is 22.0 Å². The summed E-state index contributed by atoms with van der Waals surface area (Å²) in [5, 5.41) is 13.4. The summed E-state index contributed by atoms with van der Waals surface area (Å²) in [7, 11) is -3.82. The SMILES string of the molecule is CCCS(=O)(=O)Nc1ccc(F)c(C(=O)Nc2cnc3[nH]nc(C4CNC4)c3c2)c1F. The highest BCUT2D eigenvalue weighted by molar-refractivity contribution is 7.92. The second kappa shape index (κ2) is 8.19. The number of carbonyl (C=O) groups excluding carboxylic acids is 1. The molecule has 164 valence electrons. The maximum absolute atomic E-state index is 14.8. The maximum atomic E-state index is 14.8. The van der Waals surface area contributed by atoms with Gasteiger partial charge in [0.2, 0.25) is 10.0 Å². The normalized spacial score (nSPS) is 14.4. The van der Waals surface area contributed by atoms with E-state index in [-0.39, 0.29) is 17.4 Å². The van der Waals surface area contributed by atoms with E-state index in [4.69, 9.17) is 0 Å². The molecule has 4 N–H and O–H groups in total. The van der Waals surface area contributed by atoms with Gasteiger partial charge in [-0.25, -0.2) is 22.2 Å². The lowest BCUT2D eigenvalue weighted by atomic mass is 9.97. The predicted molar refractivity (Wildman–Crippen MR) is 112 cm³/mol. The lowest BCUT2D eigenvalue weighted by Gasteiger charge is -2.25. The Balaban J connectivity index is 1.62. The molecule has 3 aromatic rings. The Morgan fingerprint density at radius 1 is 1.29 bits per heavy atom. The van der Waals surface area contributed by atoms with Gasteiger partial charge in [0.05, 0.1) is 29.0 Å². The van der Waals surface area contributed by atoms with Crippen molar-refractivity contribution in [3.63, 3.8) is 0 Å². The summed E-state index contributed by atoms with van der Waals surface area (Å²) in [5.74, 6) is -3.50. The number of sulfonamides is 1. The van der Waals surface area contributed by atoms with Gasteiger partial charge in [0.15, 0.2) is 11.5 Å². The van der Waals surface area contributed by atoms with Crippen LogP contribution in [0.2, 0.25) is 0 Å². The molecule has 31 heavy (non-hydrogen) atoms. The second-order valence-electron chi connectivity index (χ2n) is 7.24. The number of hydrogen-bond donors (Lipinski definition) is 4. The topological polar surface area (TPSA) is 129 Å². The highest BCUT2D eigenvalue weighted by Gasteiger charge is 2.25. The zero-order valence-corrected chi connectivity index (χ0v) is 17.3. The Morgan fingerprint density at radius 2 is 2.06 bits per heavy atom. The minimum absolute atomic E-state index is 0.212. The summed E-state index contributed by atoms with van der Waals surface area (Å²) in [6.45, 7) is 3.19. The van der Waals surface area contributed by atoms with Gasteiger partial charge in [-0.15, -0.1) is 0 Å². The number of nitrogens with zero attached hydrogens (tertiary/aromatic N) is 2. The number of amides is 1. The van der Waals surface area contributed by atoms with E-state index in [2.05, 4.69) is 25.8 Å². The van der Waals surface area contributed by atoms with Gasteiger partial charge in [0.25, 0.3) is 5.91 Å². The fraction of sp³-hybridized carbons (Fsp3) is 0.316. The van der Waals surface area contributed by atoms with Crippen LogP contribution in [0.15, 0.2) is 24.4 Å². The Kier molecular flexibility index (Phi) is 5.58. The number of aromatic amines is 1. The number of benzene rings is 1. The van der Waals surface area contributed by atoms with E-state index in [1.54, 1.807) is 13.0 Å². The summed E-state index contributed by atoms with van der Waals surface area (Å²) in [4.78, 5) is 16.8. The highest BCUT2D eigenvalue weighted by Crippen LogP contribution is 2.28. The number of nitrogens with one attached hydrogen (secondary N) is 4. The Hall–Kier alpha value is -3.12. The first-order chi connectivity index (χ1) is 14.8. The van der Waals surface area contributed by atoms with Crippen LogP contribution >= 0.6 is 0 Å². The van der Waals surface area contributed by atoms with Crippen LogP contribution in [0.4, 0.5) is 20.2 Å². The van der Waals surface area contributed by atoms with Gasteiger partial charge in [-0.3, -0.25) is 14.6 Å². The number of hydrogen-bond acceptors (Lipinski definition) is 6. The van der Waals surface area contributed by atoms with Gasteiger partial charge >= 0.3 is 0 Å². The zero-order valence-electron chi connectivity index (χ0n) is 16.5. The summed E-state index contributed by atoms with van der Waals surface area (Å²) in [5.41, 5.74) is 0.158. The second-order valence-corrected chi connectivity index (χ2v) is 9.09. The molecule has 1 saturated heterocycles. The van der Waals surface area contributed by atoms with E-state index in [9.17, 15) is 22.0 Å². The number of aromatic nitrogens is 3. The Labute approximate surface area is 176 Å². The summed E-state index contributed by atoms with van der Waals surface area (Å²) in [6.07, 6.45) is 1.65. The van der Waals surface area contributed by atoms with Crippen molar-refractivity contribution in [2.45, 2.75) is 19.3 Å². The standard InChI is InChI=1S/C19H20F2N6O3S/c1-2-5-31(29,30)27-14-4-3-13(20)15(16(14)21)19(28)24-11-6-12-17(10-7-22-8-10)25-26-18(12)23-9-11/h3-4,6,9-10,22,27H,2,5,7-8H2,1H3,(H,24,28)(H,23,25,26). The molecule has 1 aliphatic rings. The lowest BCUT2D eigenvalue weighted by Crippen LogP contribution is -2.40. The van der Waals surface area contributed by atoms with Crippen molar-refractivity contribution in [1.29, 1.82) is 0 Å². The molecule has 2 aromatic heterocycles. The fourth-order valence-corrected chi connectivity index (χ4v) is 4.44. The minimum Gasteiger partial charge on any atom is -0.320 e. The molecule has 0 atom stereocenters. The van der Waals surface area contributed by atoms with Crippen molar-refractivity contribution in [1.82, 2.24) is 20.5 Å². The molecular weight excluding hydrogens is 430 g/mol. The molecule has 0 unspecified atom stereocenters. The minimum atomic E-state index is -3.82. The van der Waals surface area contributed by atoms with Crippen LogP contribution in [0.1, 0.15) is 35.3 Å². The quantitative estimate of drug-likeness (QED) is 0.437. The summed E-state index contributed by atoms with van der Waals surface area (Å²) >= 11 is 0. The maximum Gasteiger partial charge on any atom is 0.261 e. The molecule has 4 rings (SSSR count). The lowest BCUT2D eigenvalue weighted by molar-refractivity contribution is 0.101. The molecule has 1 aliphatic heterocycles. The van der Waals surface area contributed by atoms with Crippen molar-refractivity contribution in [3.05, 3.63) is 47.3 Å².